The van der Waals surface area contributed by atoms with Gasteiger partial charge in [0.05, 0.1) is 28.4 Å². The van der Waals surface area contributed by atoms with Gasteiger partial charge < -0.3 is 18.9 Å². The molecule has 0 atom stereocenters. The predicted octanol–water partition coefficient (Wildman–Crippen LogP) is 3.16. The van der Waals surface area contributed by atoms with E-state index >= 15 is 0 Å². The van der Waals surface area contributed by atoms with Crippen LogP contribution in [0.25, 0.3) is 17.5 Å². The molecule has 156 valence electrons. The minimum atomic E-state index is -0.391. The molecule has 1 heterocycles. The maximum absolute atomic E-state index is 12.3. The van der Waals surface area contributed by atoms with Crippen LogP contribution in [0.4, 0.5) is 5.95 Å². The molecule has 0 saturated heterocycles. The molecule has 0 unspecified atom stereocenters. The summed E-state index contributed by atoms with van der Waals surface area (Å²) in [5, 5.41) is 9.43. The Balaban J connectivity index is 1.72. The number of carbonyl (C=O) groups excluding carboxylic acids is 1. The van der Waals surface area contributed by atoms with Crippen LogP contribution in [0.1, 0.15) is 5.56 Å². The van der Waals surface area contributed by atoms with E-state index in [-0.39, 0.29) is 5.95 Å². The maximum atomic E-state index is 12.3. The van der Waals surface area contributed by atoms with Crippen LogP contribution in [0.2, 0.25) is 0 Å². The Bertz CT molecular complexity index is 1060. The van der Waals surface area contributed by atoms with Crippen molar-refractivity contribution in [2.75, 3.05) is 33.8 Å². The second kappa shape index (κ2) is 9.46. The summed E-state index contributed by atoms with van der Waals surface area (Å²) in [6.07, 6.45) is 2.99. The Morgan fingerprint density at radius 1 is 0.933 bits per heavy atom. The number of amides is 1. The van der Waals surface area contributed by atoms with Gasteiger partial charge in [-0.1, -0.05) is 0 Å². The minimum Gasteiger partial charge on any atom is -0.497 e. The molecular weight excluding hydrogens is 388 g/mol. The molecule has 9 heteroatoms. The molecule has 3 aromatic rings. The third kappa shape index (κ3) is 4.69. The standard InChI is InChI=1S/C21H22N4O5/c1-27-15-7-9-16(28-2)13(11-15)6-10-19(26)22-21-23-20(24-25-21)14-5-8-17(29-3)18(12-14)30-4/h5-12H,1-4H3,(H2,22,23,24,25,26)/b10-6+. The molecule has 2 aromatic carbocycles. The van der Waals surface area contributed by atoms with Crippen molar-refractivity contribution < 1.29 is 23.7 Å². The van der Waals surface area contributed by atoms with E-state index in [4.69, 9.17) is 18.9 Å². The van der Waals surface area contributed by atoms with E-state index < -0.39 is 5.91 Å². The van der Waals surface area contributed by atoms with Crippen molar-refractivity contribution in [1.29, 1.82) is 0 Å². The lowest BCUT2D eigenvalue weighted by Gasteiger charge is -2.07. The van der Waals surface area contributed by atoms with Crippen LogP contribution in [-0.4, -0.2) is 49.5 Å². The fourth-order valence-electron chi connectivity index (χ4n) is 2.72. The molecule has 0 fully saturated rings. The van der Waals surface area contributed by atoms with Gasteiger partial charge in [-0.3, -0.25) is 15.2 Å². The summed E-state index contributed by atoms with van der Waals surface area (Å²) in [6.45, 7) is 0. The molecule has 30 heavy (non-hydrogen) atoms. The van der Waals surface area contributed by atoms with Crippen molar-refractivity contribution in [3.05, 3.63) is 48.0 Å². The lowest BCUT2D eigenvalue weighted by molar-refractivity contribution is -0.111. The Morgan fingerprint density at radius 3 is 2.37 bits per heavy atom. The molecule has 0 bridgehead atoms. The highest BCUT2D eigenvalue weighted by atomic mass is 16.5. The van der Waals surface area contributed by atoms with Gasteiger partial charge in [0.2, 0.25) is 5.95 Å². The van der Waals surface area contributed by atoms with E-state index in [1.54, 1.807) is 64.8 Å². The average molecular weight is 410 g/mol. The molecule has 9 nitrogen and oxygen atoms in total. The van der Waals surface area contributed by atoms with Crippen molar-refractivity contribution in [1.82, 2.24) is 15.2 Å². The first-order valence-electron chi connectivity index (χ1n) is 8.93. The van der Waals surface area contributed by atoms with Crippen molar-refractivity contribution >= 4 is 17.9 Å². The summed E-state index contributed by atoms with van der Waals surface area (Å²) in [4.78, 5) is 16.6. The number of rotatable bonds is 8. The van der Waals surface area contributed by atoms with E-state index in [1.807, 2.05) is 6.07 Å². The zero-order valence-corrected chi connectivity index (χ0v) is 17.1. The quantitative estimate of drug-likeness (QED) is 0.549. The second-order valence-corrected chi connectivity index (χ2v) is 6.01. The van der Waals surface area contributed by atoms with Crippen LogP contribution < -0.4 is 24.3 Å². The first-order chi connectivity index (χ1) is 14.6. The summed E-state index contributed by atoms with van der Waals surface area (Å²) in [6, 6.07) is 10.6. The maximum Gasteiger partial charge on any atom is 0.250 e. The number of aromatic nitrogens is 3. The van der Waals surface area contributed by atoms with E-state index in [1.165, 1.54) is 6.08 Å². The first kappa shape index (κ1) is 20.7. The number of hydrogen-bond acceptors (Lipinski definition) is 7. The number of H-pyrrole nitrogens is 1. The van der Waals surface area contributed by atoms with Crippen LogP contribution in [0, 0.1) is 0 Å². The normalized spacial score (nSPS) is 10.7. The molecule has 0 radical (unpaired) electrons. The molecule has 0 saturated carbocycles. The number of methoxy groups -OCH3 is 4. The van der Waals surface area contributed by atoms with Gasteiger partial charge in [-0.25, -0.2) is 0 Å². The van der Waals surface area contributed by atoms with Gasteiger partial charge in [-0.15, -0.1) is 5.10 Å². The SMILES string of the molecule is COc1ccc(OC)c(/C=C/C(=O)Nc2n[nH]c(-c3ccc(OC)c(OC)c3)n2)c1. The number of hydrogen-bond donors (Lipinski definition) is 2. The predicted molar refractivity (Wildman–Crippen MR) is 112 cm³/mol. The fraction of sp³-hybridized carbons (Fsp3) is 0.190. The van der Waals surface area contributed by atoms with Gasteiger partial charge >= 0.3 is 0 Å². The molecule has 0 aliphatic carbocycles. The van der Waals surface area contributed by atoms with Gasteiger partial charge in [-0.2, -0.15) is 4.98 Å². The number of nitrogens with one attached hydrogen (secondary N) is 2. The Kier molecular flexibility index (Phi) is 6.53. The molecule has 0 aliphatic heterocycles. The first-order valence-corrected chi connectivity index (χ1v) is 8.93. The summed E-state index contributed by atoms with van der Waals surface area (Å²) in [7, 11) is 6.25. The van der Waals surface area contributed by atoms with Crippen molar-refractivity contribution in [2.45, 2.75) is 0 Å². The smallest absolute Gasteiger partial charge is 0.250 e. The van der Waals surface area contributed by atoms with Crippen molar-refractivity contribution in [3.8, 4) is 34.4 Å². The topological polar surface area (TPSA) is 108 Å². The molecule has 1 amide bonds. The Hall–Kier alpha value is -4.01. The van der Waals surface area contributed by atoms with Crippen LogP contribution in [0.15, 0.2) is 42.5 Å². The van der Waals surface area contributed by atoms with Gasteiger partial charge in [-0.05, 0) is 42.5 Å². The van der Waals surface area contributed by atoms with Crippen LogP contribution in [-0.2, 0) is 4.79 Å². The second-order valence-electron chi connectivity index (χ2n) is 6.01. The monoisotopic (exact) mass is 410 g/mol. The molecule has 1 aromatic heterocycles. The highest BCUT2D eigenvalue weighted by Crippen LogP contribution is 2.31. The summed E-state index contributed by atoms with van der Waals surface area (Å²) < 4.78 is 21.0. The van der Waals surface area contributed by atoms with Crippen LogP contribution >= 0.6 is 0 Å². The van der Waals surface area contributed by atoms with Gasteiger partial charge in [0.1, 0.15) is 11.5 Å². The molecule has 2 N–H and O–H groups in total. The third-order valence-corrected chi connectivity index (χ3v) is 4.23. The average Bonchev–Trinajstić information content (AvgIpc) is 3.25. The highest BCUT2D eigenvalue weighted by Gasteiger charge is 2.11. The van der Waals surface area contributed by atoms with Gasteiger partial charge in [0.15, 0.2) is 17.3 Å². The molecule has 0 spiro atoms. The fourth-order valence-corrected chi connectivity index (χ4v) is 2.72. The number of carbonyl (C=O) groups is 1. The number of anilines is 1. The Labute approximate surface area is 173 Å². The van der Waals surface area contributed by atoms with Crippen LogP contribution in [0.3, 0.4) is 0 Å². The molecule has 0 aliphatic rings. The highest BCUT2D eigenvalue weighted by molar-refractivity contribution is 6.01. The van der Waals surface area contributed by atoms with E-state index in [0.717, 1.165) is 5.56 Å². The number of benzene rings is 2. The summed E-state index contributed by atoms with van der Waals surface area (Å²) >= 11 is 0. The van der Waals surface area contributed by atoms with Crippen molar-refractivity contribution in [2.24, 2.45) is 0 Å². The van der Waals surface area contributed by atoms with Crippen molar-refractivity contribution in [3.63, 3.8) is 0 Å². The zero-order valence-electron chi connectivity index (χ0n) is 17.1. The van der Waals surface area contributed by atoms with E-state index in [0.29, 0.717) is 34.4 Å². The van der Waals surface area contributed by atoms with Gasteiger partial charge in [0.25, 0.3) is 5.91 Å². The number of nitrogens with zero attached hydrogens (tertiary/aromatic N) is 2. The summed E-state index contributed by atoms with van der Waals surface area (Å²) in [5.41, 5.74) is 1.44. The van der Waals surface area contributed by atoms with Gasteiger partial charge in [0, 0.05) is 17.2 Å². The van der Waals surface area contributed by atoms with Crippen LogP contribution in [0.5, 0.6) is 23.0 Å². The number of aromatic amines is 1. The minimum absolute atomic E-state index is 0.145. The van der Waals surface area contributed by atoms with E-state index in [2.05, 4.69) is 20.5 Å². The third-order valence-electron chi connectivity index (χ3n) is 4.23. The van der Waals surface area contributed by atoms with E-state index in [9.17, 15) is 4.79 Å². The largest absolute Gasteiger partial charge is 0.497 e. The Morgan fingerprint density at radius 2 is 1.67 bits per heavy atom. The zero-order chi connectivity index (χ0) is 21.5. The molecular formula is C21H22N4O5. The summed E-state index contributed by atoms with van der Waals surface area (Å²) in [5.74, 6) is 2.67. The molecule has 3 rings (SSSR count). The lowest BCUT2D eigenvalue weighted by atomic mass is 10.1. The number of ether oxygens (including phenoxy) is 4. The lowest BCUT2D eigenvalue weighted by Crippen LogP contribution is -2.09.